The molecule has 0 rings (SSSR count). The number of unbranched alkanes of at least 4 members (excludes halogenated alkanes) is 15. The summed E-state index contributed by atoms with van der Waals surface area (Å²) in [4.78, 5) is 35.1. The molecule has 0 saturated carbocycles. The van der Waals surface area contributed by atoms with Crippen LogP contribution in [0.4, 0.5) is 0 Å². The summed E-state index contributed by atoms with van der Waals surface area (Å²) in [5, 5.41) is 0. The second-order valence-corrected chi connectivity index (χ2v) is 15.8. The number of allylic oxidation sites excluding steroid dienone is 6. The van der Waals surface area contributed by atoms with Crippen LogP contribution < -0.4 is 0 Å². The van der Waals surface area contributed by atoms with Crippen molar-refractivity contribution in [1.82, 2.24) is 0 Å². The smallest absolute Gasteiger partial charge is 0.462 e. The van der Waals surface area contributed by atoms with Crippen LogP contribution in [0, 0.1) is 0 Å². The number of phosphoric ester groups is 1. The molecule has 0 bridgehead atoms. The Bertz CT molecular complexity index is 959. The molecule has 0 spiro atoms. The standard InChI is InChI=1S/C40H74NO8P/c1-6-8-10-12-14-16-18-19-20-21-23-25-27-29-31-33-40(43)49-38(37-48-50(44,45)47-35-34-41(3,4)5)36-46-39(42)32-30-28-26-24-22-17-15-13-11-9-7-2/h13,15,19-20,23,25,38H,6-12,14,16-18,21-22,24,26-37H2,1-5H3/p+1/b15-13+,20-19+,25-23+/t38-/m1/s1. The molecule has 0 aromatic rings. The molecule has 9 nitrogen and oxygen atoms in total. The number of esters is 2. The molecule has 0 fully saturated rings. The Balaban J connectivity index is 4.50. The van der Waals surface area contributed by atoms with E-state index in [0.29, 0.717) is 17.4 Å². The lowest BCUT2D eigenvalue weighted by Gasteiger charge is -2.24. The monoisotopic (exact) mass is 729 g/mol. The summed E-state index contributed by atoms with van der Waals surface area (Å²) in [5.74, 6) is -0.851. The van der Waals surface area contributed by atoms with Gasteiger partial charge in [0.2, 0.25) is 0 Å². The Labute approximate surface area is 306 Å². The highest BCUT2D eigenvalue weighted by Crippen LogP contribution is 2.43. The number of likely N-dealkylation sites (N-methyl/N-ethyl adjacent to an activating group) is 1. The van der Waals surface area contributed by atoms with Crippen LogP contribution in [-0.2, 0) is 32.7 Å². The van der Waals surface area contributed by atoms with Crippen molar-refractivity contribution >= 4 is 19.8 Å². The molecule has 0 amide bonds. The summed E-state index contributed by atoms with van der Waals surface area (Å²) < 4.78 is 34.1. The molecular weight excluding hydrogens is 653 g/mol. The van der Waals surface area contributed by atoms with Gasteiger partial charge in [-0.25, -0.2) is 4.57 Å². The third kappa shape index (κ3) is 36.0. The lowest BCUT2D eigenvalue weighted by molar-refractivity contribution is -0.870. The highest BCUT2D eigenvalue weighted by molar-refractivity contribution is 7.47. The van der Waals surface area contributed by atoms with E-state index in [9.17, 15) is 19.0 Å². The molecular formula is C40H75NO8P+. The van der Waals surface area contributed by atoms with Gasteiger partial charge in [0.05, 0.1) is 27.7 Å². The molecule has 50 heavy (non-hydrogen) atoms. The minimum atomic E-state index is -4.38. The predicted molar refractivity (Wildman–Crippen MR) is 206 cm³/mol. The highest BCUT2D eigenvalue weighted by atomic mass is 31.2. The first kappa shape index (κ1) is 48.2. The molecule has 1 unspecified atom stereocenters. The average Bonchev–Trinajstić information content (AvgIpc) is 3.06. The number of hydrogen-bond acceptors (Lipinski definition) is 7. The quantitative estimate of drug-likeness (QED) is 0.0226. The second-order valence-electron chi connectivity index (χ2n) is 14.3. The maximum Gasteiger partial charge on any atom is 0.472 e. The van der Waals surface area contributed by atoms with Gasteiger partial charge in [0.1, 0.15) is 19.8 Å². The van der Waals surface area contributed by atoms with Gasteiger partial charge in [-0.1, -0.05) is 115 Å². The number of carbonyl (C=O) groups excluding carboxylic acids is 2. The number of phosphoric acid groups is 1. The van der Waals surface area contributed by atoms with Crippen molar-refractivity contribution < 1.29 is 42.1 Å². The summed E-state index contributed by atoms with van der Waals surface area (Å²) in [6.07, 6.45) is 34.8. The first-order valence-electron chi connectivity index (χ1n) is 19.7. The minimum absolute atomic E-state index is 0.0241. The van der Waals surface area contributed by atoms with E-state index in [2.05, 4.69) is 50.3 Å². The number of nitrogens with zero attached hydrogens (tertiary/aromatic N) is 1. The lowest BCUT2D eigenvalue weighted by atomic mass is 10.1. The molecule has 0 aromatic heterocycles. The van der Waals surface area contributed by atoms with Gasteiger partial charge in [0, 0.05) is 12.8 Å². The van der Waals surface area contributed by atoms with Crippen LogP contribution in [0.3, 0.4) is 0 Å². The molecule has 10 heteroatoms. The normalized spacial score (nSPS) is 14.1. The molecule has 0 aromatic carbocycles. The number of ether oxygens (including phenoxy) is 2. The zero-order valence-electron chi connectivity index (χ0n) is 32.6. The second kappa shape index (κ2) is 33.1. The zero-order valence-corrected chi connectivity index (χ0v) is 33.5. The zero-order chi connectivity index (χ0) is 37.2. The molecule has 292 valence electrons. The number of hydrogen-bond donors (Lipinski definition) is 1. The van der Waals surface area contributed by atoms with Crippen LogP contribution in [0.1, 0.15) is 155 Å². The van der Waals surface area contributed by atoms with E-state index in [0.717, 1.165) is 70.6 Å². The molecule has 2 atom stereocenters. The van der Waals surface area contributed by atoms with E-state index >= 15 is 0 Å². The Kier molecular flexibility index (Phi) is 31.9. The Morgan fingerprint density at radius 2 is 1.10 bits per heavy atom. The van der Waals surface area contributed by atoms with Crippen LogP contribution in [0.25, 0.3) is 0 Å². The van der Waals surface area contributed by atoms with Crippen LogP contribution in [0.15, 0.2) is 36.5 Å². The van der Waals surface area contributed by atoms with Gasteiger partial charge in [-0.3, -0.25) is 18.6 Å². The van der Waals surface area contributed by atoms with E-state index < -0.39 is 26.5 Å². The fourth-order valence-electron chi connectivity index (χ4n) is 4.96. The van der Waals surface area contributed by atoms with Gasteiger partial charge in [-0.2, -0.15) is 0 Å². The summed E-state index contributed by atoms with van der Waals surface area (Å²) in [7, 11) is 1.45. The largest absolute Gasteiger partial charge is 0.472 e. The maximum atomic E-state index is 12.6. The van der Waals surface area contributed by atoms with Gasteiger partial charge in [0.15, 0.2) is 6.10 Å². The van der Waals surface area contributed by atoms with E-state index in [1.807, 2.05) is 21.1 Å². The van der Waals surface area contributed by atoms with Crippen molar-refractivity contribution in [3.8, 4) is 0 Å². The van der Waals surface area contributed by atoms with E-state index in [4.69, 9.17) is 18.5 Å². The number of quaternary nitrogens is 1. The van der Waals surface area contributed by atoms with Gasteiger partial charge >= 0.3 is 19.8 Å². The van der Waals surface area contributed by atoms with Crippen molar-refractivity contribution in [1.29, 1.82) is 0 Å². The Morgan fingerprint density at radius 3 is 1.70 bits per heavy atom. The Hall–Kier alpha value is -1.77. The van der Waals surface area contributed by atoms with Crippen LogP contribution in [0.5, 0.6) is 0 Å². The summed E-state index contributed by atoms with van der Waals surface area (Å²) in [5.41, 5.74) is 0. The van der Waals surface area contributed by atoms with Crippen molar-refractivity contribution in [3.05, 3.63) is 36.5 Å². The number of rotatable bonds is 35. The first-order chi connectivity index (χ1) is 24.0. The molecule has 0 saturated heterocycles. The molecule has 0 radical (unpaired) electrons. The Morgan fingerprint density at radius 1 is 0.620 bits per heavy atom. The predicted octanol–water partition coefficient (Wildman–Crippen LogP) is 10.6. The first-order valence-corrected chi connectivity index (χ1v) is 21.2. The van der Waals surface area contributed by atoms with Crippen LogP contribution in [0.2, 0.25) is 0 Å². The fourth-order valence-corrected chi connectivity index (χ4v) is 5.71. The van der Waals surface area contributed by atoms with E-state index in [1.54, 1.807) is 0 Å². The van der Waals surface area contributed by atoms with Crippen LogP contribution >= 0.6 is 7.82 Å². The SMILES string of the molecule is CCCC/C=C/CCCCCCCC(=O)OC[C@H](COP(=O)(O)OCC[N+](C)(C)C)OC(=O)CCCC/C=C/C/C=C/CCCCCCCC. The molecule has 0 aliphatic carbocycles. The van der Waals surface area contributed by atoms with Gasteiger partial charge < -0.3 is 18.9 Å². The van der Waals surface area contributed by atoms with Gasteiger partial charge in [-0.15, -0.1) is 0 Å². The molecule has 0 aliphatic heterocycles. The maximum absolute atomic E-state index is 12.6. The topological polar surface area (TPSA) is 108 Å². The molecule has 1 N–H and O–H groups in total. The molecule has 0 aliphatic rings. The van der Waals surface area contributed by atoms with Crippen LogP contribution in [-0.4, -0.2) is 74.9 Å². The van der Waals surface area contributed by atoms with E-state index in [1.165, 1.54) is 51.4 Å². The minimum Gasteiger partial charge on any atom is -0.462 e. The van der Waals surface area contributed by atoms with Crippen molar-refractivity contribution in [2.75, 3.05) is 47.5 Å². The lowest BCUT2D eigenvalue weighted by Crippen LogP contribution is -2.37. The summed E-state index contributed by atoms with van der Waals surface area (Å²) in [6.45, 7) is 4.31. The third-order valence-electron chi connectivity index (χ3n) is 8.14. The third-order valence-corrected chi connectivity index (χ3v) is 9.13. The van der Waals surface area contributed by atoms with Crippen molar-refractivity contribution in [2.24, 2.45) is 0 Å². The van der Waals surface area contributed by atoms with Crippen molar-refractivity contribution in [2.45, 2.75) is 161 Å². The summed E-state index contributed by atoms with van der Waals surface area (Å²) >= 11 is 0. The van der Waals surface area contributed by atoms with Crippen molar-refractivity contribution in [3.63, 3.8) is 0 Å². The molecule has 0 heterocycles. The number of carbonyl (C=O) groups is 2. The van der Waals surface area contributed by atoms with Gasteiger partial charge in [-0.05, 0) is 64.2 Å². The summed E-state index contributed by atoms with van der Waals surface area (Å²) in [6, 6.07) is 0. The van der Waals surface area contributed by atoms with E-state index in [-0.39, 0.29) is 32.0 Å². The average molecular weight is 729 g/mol. The van der Waals surface area contributed by atoms with Gasteiger partial charge in [0.25, 0.3) is 0 Å². The highest BCUT2D eigenvalue weighted by Gasteiger charge is 2.27. The fraction of sp³-hybridized carbons (Fsp3) is 0.800.